The lowest BCUT2D eigenvalue weighted by atomic mass is 10.0. The molecule has 1 aliphatic rings. The molecule has 106 valence electrons. The fourth-order valence-electron chi connectivity index (χ4n) is 2.71. The number of hydrogen-bond donors (Lipinski definition) is 1. The summed E-state index contributed by atoms with van der Waals surface area (Å²) in [6.07, 6.45) is 1.16. The molecule has 3 heteroatoms. The summed E-state index contributed by atoms with van der Waals surface area (Å²) in [4.78, 5) is 2.48. The zero-order valence-electron chi connectivity index (χ0n) is 12.6. The number of rotatable bonds is 3. The van der Waals surface area contributed by atoms with Gasteiger partial charge < -0.3 is 15.0 Å². The fraction of sp³-hybridized carbons (Fsp3) is 0.625. The minimum absolute atomic E-state index is 0.129. The predicted octanol–water partition coefficient (Wildman–Crippen LogP) is 3.05. The Balaban J connectivity index is 2.32. The van der Waals surface area contributed by atoms with E-state index >= 15 is 0 Å². The minimum Gasteiger partial charge on any atom is -0.492 e. The zero-order chi connectivity index (χ0) is 13.9. The van der Waals surface area contributed by atoms with Crippen molar-refractivity contribution in [1.29, 1.82) is 0 Å². The van der Waals surface area contributed by atoms with Gasteiger partial charge in [0, 0.05) is 18.1 Å². The molecule has 2 rings (SSSR count). The Morgan fingerprint density at radius 3 is 2.84 bits per heavy atom. The van der Waals surface area contributed by atoms with Crippen LogP contribution >= 0.6 is 0 Å². The first-order valence-corrected chi connectivity index (χ1v) is 7.27. The lowest BCUT2D eigenvalue weighted by molar-refractivity contribution is 0.338. The number of hydrogen-bond acceptors (Lipinski definition) is 3. The molecule has 1 atom stereocenters. The van der Waals surface area contributed by atoms with E-state index in [1.165, 1.54) is 5.69 Å². The van der Waals surface area contributed by atoms with E-state index in [1.807, 2.05) is 13.0 Å². The van der Waals surface area contributed by atoms with Gasteiger partial charge in [-0.2, -0.15) is 0 Å². The lowest BCUT2D eigenvalue weighted by Gasteiger charge is -2.35. The second kappa shape index (κ2) is 5.83. The van der Waals surface area contributed by atoms with Gasteiger partial charge in [0.2, 0.25) is 0 Å². The first-order chi connectivity index (χ1) is 9.03. The van der Waals surface area contributed by atoms with Gasteiger partial charge in [0.25, 0.3) is 0 Å². The van der Waals surface area contributed by atoms with Gasteiger partial charge in [-0.05, 0) is 52.8 Å². The molecular weight excluding hydrogens is 236 g/mol. The Bertz CT molecular complexity index is 417. The monoisotopic (exact) mass is 262 g/mol. The first-order valence-electron chi connectivity index (χ1n) is 7.27. The summed E-state index contributed by atoms with van der Waals surface area (Å²) < 4.78 is 5.79. The molecule has 0 bridgehead atoms. The Morgan fingerprint density at radius 2 is 2.11 bits per heavy atom. The molecule has 0 spiro atoms. The van der Waals surface area contributed by atoms with E-state index in [9.17, 15) is 0 Å². The van der Waals surface area contributed by atoms with E-state index in [0.717, 1.165) is 25.3 Å². The van der Waals surface area contributed by atoms with Crippen molar-refractivity contribution in [3.8, 4) is 5.75 Å². The molecule has 0 radical (unpaired) electrons. The van der Waals surface area contributed by atoms with E-state index < -0.39 is 0 Å². The molecule has 1 aromatic rings. The molecule has 0 saturated carbocycles. The third-order valence-corrected chi connectivity index (χ3v) is 3.74. The second-order valence-corrected chi connectivity index (χ2v) is 5.98. The first kappa shape index (κ1) is 14.2. The van der Waals surface area contributed by atoms with Crippen LogP contribution in [-0.2, 0) is 0 Å². The molecule has 1 aromatic carbocycles. The fourth-order valence-corrected chi connectivity index (χ4v) is 2.71. The quantitative estimate of drug-likeness (QED) is 0.906. The van der Waals surface area contributed by atoms with E-state index in [-0.39, 0.29) is 5.54 Å². The lowest BCUT2D eigenvalue weighted by Crippen LogP contribution is -2.47. The van der Waals surface area contributed by atoms with Crippen LogP contribution in [0.4, 0.5) is 5.69 Å². The number of anilines is 1. The van der Waals surface area contributed by atoms with Crippen molar-refractivity contribution in [3.63, 3.8) is 0 Å². The SMILES string of the molecule is CCOc1ccccc1N1CC(C)(C)NCCC1C. The highest BCUT2D eigenvalue weighted by Crippen LogP contribution is 2.32. The number of nitrogens with one attached hydrogen (secondary N) is 1. The summed E-state index contributed by atoms with van der Waals surface area (Å²) >= 11 is 0. The summed E-state index contributed by atoms with van der Waals surface area (Å²) in [5.74, 6) is 0.995. The number of nitrogens with zero attached hydrogens (tertiary/aromatic N) is 1. The van der Waals surface area contributed by atoms with Crippen LogP contribution in [0.2, 0.25) is 0 Å². The van der Waals surface area contributed by atoms with Gasteiger partial charge in [-0.1, -0.05) is 12.1 Å². The molecule has 1 heterocycles. The zero-order valence-corrected chi connectivity index (χ0v) is 12.6. The predicted molar refractivity (Wildman–Crippen MR) is 81.1 cm³/mol. The van der Waals surface area contributed by atoms with Crippen molar-refractivity contribution < 1.29 is 4.74 Å². The highest BCUT2D eigenvalue weighted by Gasteiger charge is 2.29. The Morgan fingerprint density at radius 1 is 1.37 bits per heavy atom. The van der Waals surface area contributed by atoms with Gasteiger partial charge in [0.15, 0.2) is 0 Å². The van der Waals surface area contributed by atoms with E-state index in [0.29, 0.717) is 12.6 Å². The minimum atomic E-state index is 0.129. The maximum absolute atomic E-state index is 5.79. The molecule has 3 nitrogen and oxygen atoms in total. The standard InChI is InChI=1S/C16H26N2O/c1-5-19-15-9-7-6-8-14(15)18-12-16(3,4)17-11-10-13(18)2/h6-9,13,17H,5,10-12H2,1-4H3. The van der Waals surface area contributed by atoms with Crippen molar-refractivity contribution in [1.82, 2.24) is 5.32 Å². The van der Waals surface area contributed by atoms with Gasteiger partial charge in [-0.3, -0.25) is 0 Å². The summed E-state index contributed by atoms with van der Waals surface area (Å²) in [5.41, 5.74) is 1.35. The molecule has 1 unspecified atom stereocenters. The number of ether oxygens (including phenoxy) is 1. The molecular formula is C16H26N2O. The molecule has 1 N–H and O–H groups in total. The molecule has 0 amide bonds. The largest absolute Gasteiger partial charge is 0.492 e. The second-order valence-electron chi connectivity index (χ2n) is 5.98. The Labute approximate surface area is 116 Å². The van der Waals surface area contributed by atoms with Crippen LogP contribution in [0.25, 0.3) is 0 Å². The summed E-state index contributed by atoms with van der Waals surface area (Å²) in [7, 11) is 0. The summed E-state index contributed by atoms with van der Waals surface area (Å²) in [6.45, 7) is 11.6. The van der Waals surface area contributed by atoms with Crippen LogP contribution in [-0.4, -0.2) is 31.3 Å². The topological polar surface area (TPSA) is 24.5 Å². The van der Waals surface area contributed by atoms with E-state index in [4.69, 9.17) is 4.74 Å². The number of para-hydroxylation sites is 2. The van der Waals surface area contributed by atoms with E-state index in [1.54, 1.807) is 0 Å². The maximum Gasteiger partial charge on any atom is 0.142 e. The molecule has 0 aromatic heterocycles. The summed E-state index contributed by atoms with van der Waals surface area (Å²) in [5, 5.41) is 3.62. The Kier molecular flexibility index (Phi) is 4.35. The van der Waals surface area contributed by atoms with E-state index in [2.05, 4.69) is 49.2 Å². The third kappa shape index (κ3) is 3.41. The van der Waals surface area contributed by atoms with Crippen molar-refractivity contribution in [2.24, 2.45) is 0 Å². The highest BCUT2D eigenvalue weighted by molar-refractivity contribution is 5.59. The van der Waals surface area contributed by atoms with Crippen LogP contribution in [0, 0.1) is 0 Å². The van der Waals surface area contributed by atoms with Crippen molar-refractivity contribution in [3.05, 3.63) is 24.3 Å². The van der Waals surface area contributed by atoms with Crippen LogP contribution in [0.5, 0.6) is 5.75 Å². The smallest absolute Gasteiger partial charge is 0.142 e. The van der Waals surface area contributed by atoms with Crippen LogP contribution in [0.15, 0.2) is 24.3 Å². The molecule has 1 aliphatic heterocycles. The van der Waals surface area contributed by atoms with Gasteiger partial charge in [-0.15, -0.1) is 0 Å². The van der Waals surface area contributed by atoms with Gasteiger partial charge >= 0.3 is 0 Å². The normalized spacial score (nSPS) is 22.9. The molecule has 1 saturated heterocycles. The Hall–Kier alpha value is -1.22. The number of benzene rings is 1. The molecule has 19 heavy (non-hydrogen) atoms. The van der Waals surface area contributed by atoms with Gasteiger partial charge in [0.05, 0.1) is 12.3 Å². The third-order valence-electron chi connectivity index (χ3n) is 3.74. The van der Waals surface area contributed by atoms with Crippen molar-refractivity contribution in [2.75, 3.05) is 24.6 Å². The van der Waals surface area contributed by atoms with Crippen LogP contribution in [0.1, 0.15) is 34.1 Å². The summed E-state index contributed by atoms with van der Waals surface area (Å²) in [6, 6.07) is 8.90. The maximum atomic E-state index is 5.79. The average Bonchev–Trinajstić information content (AvgIpc) is 2.49. The van der Waals surface area contributed by atoms with Crippen molar-refractivity contribution in [2.45, 2.75) is 45.7 Å². The molecule has 0 aliphatic carbocycles. The van der Waals surface area contributed by atoms with Gasteiger partial charge in [0.1, 0.15) is 5.75 Å². The van der Waals surface area contributed by atoms with Gasteiger partial charge in [-0.25, -0.2) is 0 Å². The van der Waals surface area contributed by atoms with Crippen LogP contribution < -0.4 is 15.0 Å². The average molecular weight is 262 g/mol. The van der Waals surface area contributed by atoms with Crippen molar-refractivity contribution >= 4 is 5.69 Å². The highest BCUT2D eigenvalue weighted by atomic mass is 16.5. The van der Waals surface area contributed by atoms with Crippen LogP contribution in [0.3, 0.4) is 0 Å². The molecule has 1 fully saturated rings.